The van der Waals surface area contributed by atoms with Gasteiger partial charge in [0.05, 0.1) is 24.8 Å². The summed E-state index contributed by atoms with van der Waals surface area (Å²) in [5.74, 6) is 0.222. The molecule has 1 heterocycles. The fraction of sp³-hybridized carbons (Fsp3) is 0.548. The standard InChI is InChI=1S/C31H43N3O6S/c1-8-40-23-15-16-24-25(19-23)33(22-12-10-9-11-13-22)29(36)34(24)41(37,38)27-17-14-21(18-26(27)39-7)28(35)32-31(5,6)20-30(2,3)4/h14-19,22H,8-13,20H2,1-7H3,(H,32,35). The van der Waals surface area contributed by atoms with Gasteiger partial charge in [-0.2, -0.15) is 3.97 Å². The van der Waals surface area contributed by atoms with Crippen LogP contribution in [0.3, 0.4) is 0 Å². The molecule has 0 bridgehead atoms. The van der Waals surface area contributed by atoms with Crippen LogP contribution in [0.15, 0.2) is 46.1 Å². The van der Waals surface area contributed by atoms with Crippen LogP contribution in [0.25, 0.3) is 11.0 Å². The van der Waals surface area contributed by atoms with Gasteiger partial charge in [-0.25, -0.2) is 13.2 Å². The van der Waals surface area contributed by atoms with Crippen LogP contribution in [0.5, 0.6) is 11.5 Å². The van der Waals surface area contributed by atoms with Crippen LogP contribution in [0.4, 0.5) is 0 Å². The third kappa shape index (κ3) is 6.47. The van der Waals surface area contributed by atoms with Gasteiger partial charge in [0.2, 0.25) is 0 Å². The second kappa shape index (κ2) is 11.5. The number of rotatable bonds is 9. The number of nitrogens with zero attached hydrogens (tertiary/aromatic N) is 2. The third-order valence-electron chi connectivity index (χ3n) is 7.42. The zero-order chi connectivity index (χ0) is 30.2. The number of carbonyl (C=O) groups excluding carboxylic acids is 1. The molecular weight excluding hydrogens is 542 g/mol. The first-order valence-electron chi connectivity index (χ1n) is 14.3. The molecule has 0 atom stereocenters. The largest absolute Gasteiger partial charge is 0.495 e. The van der Waals surface area contributed by atoms with Crippen LogP contribution < -0.4 is 20.5 Å². The highest BCUT2D eigenvalue weighted by molar-refractivity contribution is 7.90. The quantitative estimate of drug-likeness (QED) is 0.335. The van der Waals surface area contributed by atoms with Crippen molar-refractivity contribution in [2.75, 3.05) is 13.7 Å². The number of aromatic nitrogens is 2. The minimum Gasteiger partial charge on any atom is -0.495 e. The molecule has 1 fully saturated rings. The summed E-state index contributed by atoms with van der Waals surface area (Å²) in [6, 6.07) is 9.13. The van der Waals surface area contributed by atoms with E-state index < -0.39 is 21.3 Å². The van der Waals surface area contributed by atoms with Gasteiger partial charge < -0.3 is 14.8 Å². The van der Waals surface area contributed by atoms with Crippen molar-refractivity contribution in [1.29, 1.82) is 0 Å². The second-order valence-corrected chi connectivity index (χ2v) is 14.5. The Morgan fingerprint density at radius 3 is 2.29 bits per heavy atom. The van der Waals surface area contributed by atoms with Crippen molar-refractivity contribution < 1.29 is 22.7 Å². The van der Waals surface area contributed by atoms with Crippen LogP contribution in [-0.2, 0) is 10.0 Å². The van der Waals surface area contributed by atoms with Crippen molar-refractivity contribution in [3.63, 3.8) is 0 Å². The molecule has 3 aromatic rings. The molecule has 0 aliphatic heterocycles. The van der Waals surface area contributed by atoms with Gasteiger partial charge in [0.25, 0.3) is 15.9 Å². The maximum absolute atomic E-state index is 14.2. The normalized spacial score (nSPS) is 15.2. The van der Waals surface area contributed by atoms with Gasteiger partial charge in [0.15, 0.2) is 0 Å². The molecule has 4 rings (SSSR count). The lowest BCUT2D eigenvalue weighted by molar-refractivity contribution is 0.0891. The number of hydrogen-bond donors (Lipinski definition) is 1. The van der Waals surface area contributed by atoms with Crippen LogP contribution in [0, 0.1) is 5.41 Å². The van der Waals surface area contributed by atoms with Gasteiger partial charge in [-0.15, -0.1) is 0 Å². The molecule has 2 aromatic carbocycles. The Balaban J connectivity index is 1.80. The number of nitrogens with one attached hydrogen (secondary N) is 1. The number of carbonyl (C=O) groups is 1. The minimum absolute atomic E-state index is 0.0000989. The zero-order valence-corrected chi connectivity index (χ0v) is 26.1. The molecule has 10 heteroatoms. The fourth-order valence-corrected chi connectivity index (χ4v) is 7.76. The topological polar surface area (TPSA) is 109 Å². The number of hydrogen-bond acceptors (Lipinski definition) is 6. The number of imidazole rings is 1. The van der Waals surface area contributed by atoms with E-state index in [1.165, 1.54) is 25.3 Å². The number of amides is 1. The molecule has 0 unspecified atom stereocenters. The van der Waals surface area contributed by atoms with E-state index in [4.69, 9.17) is 9.47 Å². The van der Waals surface area contributed by atoms with E-state index in [0.717, 1.165) is 42.5 Å². The minimum atomic E-state index is -4.40. The highest BCUT2D eigenvalue weighted by atomic mass is 32.2. The number of fused-ring (bicyclic) bond motifs is 1. The van der Waals surface area contributed by atoms with Crippen molar-refractivity contribution in [2.24, 2.45) is 5.41 Å². The predicted octanol–water partition coefficient (Wildman–Crippen LogP) is 5.90. The average Bonchev–Trinajstić information content (AvgIpc) is 3.18. The summed E-state index contributed by atoms with van der Waals surface area (Å²) >= 11 is 0. The van der Waals surface area contributed by atoms with Gasteiger partial charge in [-0.05, 0) is 75.8 Å². The zero-order valence-electron chi connectivity index (χ0n) is 25.2. The molecule has 1 aliphatic carbocycles. The third-order valence-corrected chi connectivity index (χ3v) is 9.15. The molecule has 9 nitrogen and oxygen atoms in total. The van der Waals surface area contributed by atoms with Gasteiger partial charge in [0.1, 0.15) is 16.4 Å². The summed E-state index contributed by atoms with van der Waals surface area (Å²) in [6.45, 7) is 12.5. The molecule has 224 valence electrons. The monoisotopic (exact) mass is 585 g/mol. The fourth-order valence-electron chi connectivity index (χ4n) is 6.22. The molecule has 0 radical (unpaired) electrons. The molecule has 1 saturated carbocycles. The lowest BCUT2D eigenvalue weighted by Crippen LogP contribution is -2.45. The first-order valence-corrected chi connectivity index (χ1v) is 15.8. The summed E-state index contributed by atoms with van der Waals surface area (Å²) in [6.07, 6.45) is 5.40. The average molecular weight is 586 g/mol. The van der Waals surface area contributed by atoms with Crippen molar-refractivity contribution in [1.82, 2.24) is 13.9 Å². The van der Waals surface area contributed by atoms with Crippen LogP contribution >= 0.6 is 0 Å². The smallest absolute Gasteiger partial charge is 0.343 e. The van der Waals surface area contributed by atoms with E-state index in [1.54, 1.807) is 22.8 Å². The Labute approximate surface area is 242 Å². The maximum atomic E-state index is 14.2. The van der Waals surface area contributed by atoms with E-state index in [-0.39, 0.29) is 39.1 Å². The predicted molar refractivity (Wildman–Crippen MR) is 161 cm³/mol. The highest BCUT2D eigenvalue weighted by Crippen LogP contribution is 2.34. The lowest BCUT2D eigenvalue weighted by atomic mass is 9.81. The summed E-state index contributed by atoms with van der Waals surface area (Å²) < 4.78 is 41.9. The number of methoxy groups -OCH3 is 1. The molecule has 0 spiro atoms. The molecule has 1 amide bonds. The number of benzene rings is 2. The van der Waals surface area contributed by atoms with Crippen molar-refractivity contribution in [3.05, 3.63) is 52.4 Å². The Morgan fingerprint density at radius 1 is 1.00 bits per heavy atom. The molecule has 1 N–H and O–H groups in total. The highest BCUT2D eigenvalue weighted by Gasteiger charge is 2.32. The van der Waals surface area contributed by atoms with Crippen LogP contribution in [-0.4, -0.2) is 42.1 Å². The van der Waals surface area contributed by atoms with Gasteiger partial charge in [0, 0.05) is 23.2 Å². The molecular formula is C31H43N3O6S. The van der Waals surface area contributed by atoms with Crippen LogP contribution in [0.1, 0.15) is 96.5 Å². The second-order valence-electron chi connectivity index (χ2n) is 12.7. The van der Waals surface area contributed by atoms with E-state index >= 15 is 0 Å². The van der Waals surface area contributed by atoms with Crippen LogP contribution in [0.2, 0.25) is 0 Å². The summed E-state index contributed by atoms with van der Waals surface area (Å²) in [5, 5.41) is 3.04. The van der Waals surface area contributed by atoms with Crippen molar-refractivity contribution in [2.45, 2.75) is 96.5 Å². The Morgan fingerprint density at radius 2 is 1.68 bits per heavy atom. The molecule has 0 saturated heterocycles. The van der Waals surface area contributed by atoms with E-state index in [0.29, 0.717) is 17.9 Å². The summed E-state index contributed by atoms with van der Waals surface area (Å²) in [7, 11) is -3.05. The Kier molecular flexibility index (Phi) is 8.64. The Bertz CT molecular complexity index is 1590. The SMILES string of the molecule is CCOc1ccc2c(c1)n(C1CCCCC1)c(=O)n2S(=O)(=O)c1ccc(C(=O)NC(C)(C)CC(C)(C)C)cc1OC. The first kappa shape index (κ1) is 30.7. The van der Waals surface area contributed by atoms with Crippen molar-refractivity contribution >= 4 is 27.0 Å². The van der Waals surface area contributed by atoms with Crippen molar-refractivity contribution in [3.8, 4) is 11.5 Å². The first-order chi connectivity index (χ1) is 19.2. The molecule has 1 aromatic heterocycles. The van der Waals surface area contributed by atoms with Gasteiger partial charge in [-0.3, -0.25) is 9.36 Å². The van der Waals surface area contributed by atoms with Gasteiger partial charge >= 0.3 is 5.69 Å². The molecule has 1 aliphatic rings. The summed E-state index contributed by atoms with van der Waals surface area (Å²) in [4.78, 5) is 26.9. The van der Waals surface area contributed by atoms with Gasteiger partial charge in [-0.1, -0.05) is 40.0 Å². The van der Waals surface area contributed by atoms with E-state index in [2.05, 4.69) is 26.1 Å². The lowest BCUT2D eigenvalue weighted by Gasteiger charge is -2.33. The summed E-state index contributed by atoms with van der Waals surface area (Å²) in [5.41, 5.74) is -0.0410. The molecule has 41 heavy (non-hydrogen) atoms. The maximum Gasteiger partial charge on any atom is 0.343 e. The van der Waals surface area contributed by atoms with E-state index in [9.17, 15) is 18.0 Å². The number of ether oxygens (including phenoxy) is 2. The van der Waals surface area contributed by atoms with E-state index in [1.807, 2.05) is 20.8 Å². The Hall–Kier alpha value is -3.27.